The standard InChI is InChI=1S/C19H31N/c1-4-16-9-11-17(12-10-16)13-19(14-20-15(2)3)18-7-5-6-8-18/h9-12,15,18-20H,4-8,13-14H2,1-3H3. The Kier molecular flexibility index (Phi) is 6.09. The van der Waals surface area contributed by atoms with Gasteiger partial charge in [-0.15, -0.1) is 0 Å². The maximum absolute atomic E-state index is 3.67. The molecule has 0 radical (unpaired) electrons. The molecule has 1 unspecified atom stereocenters. The summed E-state index contributed by atoms with van der Waals surface area (Å²) in [6.07, 6.45) is 8.15. The Hall–Kier alpha value is -0.820. The molecule has 0 heterocycles. The van der Waals surface area contributed by atoms with E-state index in [2.05, 4.69) is 50.4 Å². The molecule has 1 aromatic rings. The van der Waals surface area contributed by atoms with Gasteiger partial charge in [-0.1, -0.05) is 70.7 Å². The van der Waals surface area contributed by atoms with E-state index in [0.29, 0.717) is 6.04 Å². The van der Waals surface area contributed by atoms with Crippen LogP contribution < -0.4 is 5.32 Å². The summed E-state index contributed by atoms with van der Waals surface area (Å²) in [4.78, 5) is 0. The van der Waals surface area contributed by atoms with Crippen LogP contribution in [0.3, 0.4) is 0 Å². The second kappa shape index (κ2) is 7.83. The van der Waals surface area contributed by atoms with E-state index in [0.717, 1.165) is 18.3 Å². The molecule has 1 saturated carbocycles. The van der Waals surface area contributed by atoms with Crippen molar-refractivity contribution in [1.29, 1.82) is 0 Å². The van der Waals surface area contributed by atoms with Gasteiger partial charge in [0, 0.05) is 6.04 Å². The molecule has 1 heteroatoms. The van der Waals surface area contributed by atoms with E-state index >= 15 is 0 Å². The van der Waals surface area contributed by atoms with Crippen LogP contribution in [0.4, 0.5) is 0 Å². The van der Waals surface area contributed by atoms with Gasteiger partial charge in [0.25, 0.3) is 0 Å². The van der Waals surface area contributed by atoms with E-state index < -0.39 is 0 Å². The first-order chi connectivity index (χ1) is 9.69. The zero-order valence-corrected chi connectivity index (χ0v) is 13.5. The summed E-state index contributed by atoms with van der Waals surface area (Å²) < 4.78 is 0. The van der Waals surface area contributed by atoms with E-state index in [9.17, 15) is 0 Å². The summed E-state index contributed by atoms with van der Waals surface area (Å²) in [5.41, 5.74) is 2.97. The van der Waals surface area contributed by atoms with Crippen molar-refractivity contribution in [3.63, 3.8) is 0 Å². The molecule has 20 heavy (non-hydrogen) atoms. The number of hydrogen-bond acceptors (Lipinski definition) is 1. The fraction of sp³-hybridized carbons (Fsp3) is 0.684. The number of benzene rings is 1. The first-order valence-corrected chi connectivity index (χ1v) is 8.50. The predicted molar refractivity (Wildman–Crippen MR) is 88.1 cm³/mol. The van der Waals surface area contributed by atoms with Crippen molar-refractivity contribution >= 4 is 0 Å². The van der Waals surface area contributed by atoms with Crippen molar-refractivity contribution < 1.29 is 0 Å². The molecule has 1 aromatic carbocycles. The largest absolute Gasteiger partial charge is 0.314 e. The lowest BCUT2D eigenvalue weighted by Crippen LogP contribution is -2.33. The average molecular weight is 273 g/mol. The van der Waals surface area contributed by atoms with Gasteiger partial charge in [-0.2, -0.15) is 0 Å². The lowest BCUT2D eigenvalue weighted by Gasteiger charge is -2.25. The van der Waals surface area contributed by atoms with Crippen LogP contribution in [0.25, 0.3) is 0 Å². The molecule has 0 bridgehead atoms. The maximum Gasteiger partial charge on any atom is 0.00104 e. The van der Waals surface area contributed by atoms with Crippen LogP contribution in [0, 0.1) is 11.8 Å². The molecule has 2 rings (SSSR count). The Morgan fingerprint density at radius 3 is 2.20 bits per heavy atom. The minimum Gasteiger partial charge on any atom is -0.314 e. The Morgan fingerprint density at radius 1 is 1.05 bits per heavy atom. The minimum absolute atomic E-state index is 0.598. The quantitative estimate of drug-likeness (QED) is 0.766. The normalized spacial score (nSPS) is 17.8. The van der Waals surface area contributed by atoms with Gasteiger partial charge in [-0.3, -0.25) is 0 Å². The molecule has 0 aromatic heterocycles. The van der Waals surface area contributed by atoms with E-state index in [1.165, 1.54) is 49.8 Å². The topological polar surface area (TPSA) is 12.0 Å². The van der Waals surface area contributed by atoms with Crippen molar-refractivity contribution in [2.45, 2.75) is 65.3 Å². The van der Waals surface area contributed by atoms with Crippen LogP contribution >= 0.6 is 0 Å². The molecule has 1 N–H and O–H groups in total. The fourth-order valence-corrected chi connectivity index (χ4v) is 3.44. The third-order valence-corrected chi connectivity index (χ3v) is 4.78. The van der Waals surface area contributed by atoms with Crippen LogP contribution in [-0.2, 0) is 12.8 Å². The van der Waals surface area contributed by atoms with Crippen LogP contribution in [0.1, 0.15) is 57.6 Å². The lowest BCUT2D eigenvalue weighted by atomic mass is 9.85. The summed E-state index contributed by atoms with van der Waals surface area (Å²) in [5, 5.41) is 3.67. The van der Waals surface area contributed by atoms with E-state index in [4.69, 9.17) is 0 Å². The van der Waals surface area contributed by atoms with E-state index in [-0.39, 0.29) is 0 Å². The zero-order chi connectivity index (χ0) is 14.4. The van der Waals surface area contributed by atoms with Crippen LogP contribution in [0.5, 0.6) is 0 Å². The van der Waals surface area contributed by atoms with Gasteiger partial charge in [0.15, 0.2) is 0 Å². The third-order valence-electron chi connectivity index (χ3n) is 4.78. The van der Waals surface area contributed by atoms with Gasteiger partial charge < -0.3 is 5.32 Å². The molecule has 1 aliphatic rings. The smallest absolute Gasteiger partial charge is 0.00104 e. The maximum atomic E-state index is 3.67. The van der Waals surface area contributed by atoms with Gasteiger partial charge in [-0.25, -0.2) is 0 Å². The predicted octanol–water partition coefficient (Wildman–Crippen LogP) is 4.60. The minimum atomic E-state index is 0.598. The monoisotopic (exact) mass is 273 g/mol. The van der Waals surface area contributed by atoms with Crippen LogP contribution in [0.15, 0.2) is 24.3 Å². The highest BCUT2D eigenvalue weighted by molar-refractivity contribution is 5.23. The van der Waals surface area contributed by atoms with E-state index in [1.807, 2.05) is 0 Å². The Labute approximate surface area is 125 Å². The highest BCUT2D eigenvalue weighted by atomic mass is 14.9. The van der Waals surface area contributed by atoms with E-state index in [1.54, 1.807) is 0 Å². The van der Waals surface area contributed by atoms with Crippen molar-refractivity contribution in [3.8, 4) is 0 Å². The van der Waals surface area contributed by atoms with Crippen LogP contribution in [0.2, 0.25) is 0 Å². The third kappa shape index (κ3) is 4.63. The Bertz CT molecular complexity index is 373. The summed E-state index contributed by atoms with van der Waals surface area (Å²) in [7, 11) is 0. The molecular formula is C19H31N. The number of aryl methyl sites for hydroxylation is 1. The molecule has 112 valence electrons. The zero-order valence-electron chi connectivity index (χ0n) is 13.5. The average Bonchev–Trinajstić information content (AvgIpc) is 2.98. The van der Waals surface area contributed by atoms with Crippen molar-refractivity contribution in [1.82, 2.24) is 5.32 Å². The lowest BCUT2D eigenvalue weighted by molar-refractivity contribution is 0.313. The molecule has 1 atom stereocenters. The first-order valence-electron chi connectivity index (χ1n) is 8.50. The summed E-state index contributed by atoms with van der Waals surface area (Å²) >= 11 is 0. The van der Waals surface area contributed by atoms with Gasteiger partial charge in [0.2, 0.25) is 0 Å². The fourth-order valence-electron chi connectivity index (χ4n) is 3.44. The molecule has 0 saturated heterocycles. The Morgan fingerprint density at radius 2 is 1.65 bits per heavy atom. The molecule has 1 aliphatic carbocycles. The summed E-state index contributed by atoms with van der Waals surface area (Å²) in [5.74, 6) is 1.75. The Balaban J connectivity index is 1.97. The van der Waals surface area contributed by atoms with Crippen molar-refractivity contribution in [2.24, 2.45) is 11.8 Å². The molecule has 1 nitrogen and oxygen atoms in total. The molecule has 1 fully saturated rings. The van der Waals surface area contributed by atoms with Crippen molar-refractivity contribution in [2.75, 3.05) is 6.54 Å². The van der Waals surface area contributed by atoms with Gasteiger partial charge in [0.1, 0.15) is 0 Å². The highest BCUT2D eigenvalue weighted by Gasteiger charge is 2.25. The summed E-state index contributed by atoms with van der Waals surface area (Å²) in [6, 6.07) is 9.89. The molecular weight excluding hydrogens is 242 g/mol. The van der Waals surface area contributed by atoms with Gasteiger partial charge >= 0.3 is 0 Å². The van der Waals surface area contributed by atoms with Crippen LogP contribution in [-0.4, -0.2) is 12.6 Å². The number of nitrogens with one attached hydrogen (secondary N) is 1. The van der Waals surface area contributed by atoms with Gasteiger partial charge in [0.05, 0.1) is 0 Å². The first kappa shape index (κ1) is 15.6. The SMILES string of the molecule is CCc1ccc(CC(CNC(C)C)C2CCCC2)cc1. The molecule has 0 aliphatic heterocycles. The molecule has 0 amide bonds. The number of hydrogen-bond donors (Lipinski definition) is 1. The second-order valence-electron chi connectivity index (χ2n) is 6.74. The molecule has 0 spiro atoms. The number of rotatable bonds is 7. The summed E-state index contributed by atoms with van der Waals surface area (Å²) in [6.45, 7) is 7.91. The highest BCUT2D eigenvalue weighted by Crippen LogP contribution is 2.33. The second-order valence-corrected chi connectivity index (χ2v) is 6.74. The van der Waals surface area contributed by atoms with Gasteiger partial charge in [-0.05, 0) is 42.3 Å². The van der Waals surface area contributed by atoms with Crippen molar-refractivity contribution in [3.05, 3.63) is 35.4 Å².